The molecule has 1 N–H and O–H groups in total. The number of carboxylic acid groups (broad SMARTS) is 1. The van der Waals surface area contributed by atoms with Crippen LogP contribution in [-0.2, 0) is 4.79 Å². The van der Waals surface area contributed by atoms with Gasteiger partial charge in [0.25, 0.3) is 0 Å². The predicted molar refractivity (Wildman–Crippen MR) is 65.2 cm³/mol. The van der Waals surface area contributed by atoms with E-state index in [-0.39, 0.29) is 38.5 Å². The van der Waals surface area contributed by atoms with Gasteiger partial charge in [0.1, 0.15) is 0 Å². The monoisotopic (exact) mass is 294 g/mol. The van der Waals surface area contributed by atoms with Gasteiger partial charge in [0.2, 0.25) is 0 Å². The number of alkyl halides is 3. The fraction of sp³-hybridized carbons (Fsp3) is 0.667. The molecule has 0 atom stereocenters. The van der Waals surface area contributed by atoms with E-state index in [4.69, 9.17) is 5.11 Å². The molecule has 0 spiro atoms. The number of carbonyl (C=O) groups excluding carboxylic acids is 1. The van der Waals surface area contributed by atoms with Crippen LogP contribution in [0.25, 0.3) is 0 Å². The Labute approximate surface area is 114 Å². The van der Waals surface area contributed by atoms with E-state index in [2.05, 4.69) is 0 Å². The summed E-state index contributed by atoms with van der Waals surface area (Å²) in [6, 6.07) is -0.382. The first-order valence-electron chi connectivity index (χ1n) is 6.20. The Morgan fingerprint density at radius 1 is 1.45 bits per heavy atom. The number of aliphatic carboxylic acids is 1. The molecule has 0 fully saturated rings. The molecule has 1 aliphatic heterocycles. The van der Waals surface area contributed by atoms with Gasteiger partial charge in [-0.15, -0.1) is 0 Å². The van der Waals surface area contributed by atoms with Crippen LogP contribution >= 0.6 is 0 Å². The zero-order valence-corrected chi connectivity index (χ0v) is 11.1. The molecule has 1 rings (SSSR count). The summed E-state index contributed by atoms with van der Waals surface area (Å²) < 4.78 is 37.3. The van der Waals surface area contributed by atoms with Crippen molar-refractivity contribution in [1.29, 1.82) is 0 Å². The van der Waals surface area contributed by atoms with Gasteiger partial charge in [-0.05, 0) is 12.8 Å². The predicted octanol–water partition coefficient (Wildman–Crippen LogP) is 2.10. The Balaban J connectivity index is 2.46. The average Bonchev–Trinajstić information content (AvgIpc) is 2.36. The second-order valence-electron chi connectivity index (χ2n) is 4.62. The van der Waals surface area contributed by atoms with Crippen molar-refractivity contribution in [1.82, 2.24) is 9.80 Å². The molecule has 8 heteroatoms. The Bertz CT molecular complexity index is 407. The third-order valence-electron chi connectivity index (χ3n) is 3.05. The van der Waals surface area contributed by atoms with E-state index in [9.17, 15) is 22.8 Å². The molecule has 2 amide bonds. The second kappa shape index (κ2) is 6.62. The quantitative estimate of drug-likeness (QED) is 0.808. The number of halogens is 3. The normalized spacial score (nSPS) is 15.8. The SMILES string of the molecule is CN(CCCC(=O)O)C(=O)N1CC=C(C(F)(F)F)CC1. The zero-order valence-electron chi connectivity index (χ0n) is 11.1. The molecular formula is C12H17F3N2O3. The third kappa shape index (κ3) is 4.75. The lowest BCUT2D eigenvalue weighted by atomic mass is 10.1. The number of carboxylic acids is 1. The molecule has 0 bridgehead atoms. The van der Waals surface area contributed by atoms with E-state index in [1.165, 1.54) is 16.8 Å². The van der Waals surface area contributed by atoms with Gasteiger partial charge < -0.3 is 14.9 Å². The lowest BCUT2D eigenvalue weighted by molar-refractivity contribution is -0.137. The first-order valence-corrected chi connectivity index (χ1v) is 6.20. The maximum Gasteiger partial charge on any atom is 0.412 e. The minimum atomic E-state index is -4.33. The second-order valence-corrected chi connectivity index (χ2v) is 4.62. The number of rotatable bonds is 4. The molecule has 1 aliphatic rings. The van der Waals surface area contributed by atoms with Gasteiger partial charge in [0.05, 0.1) is 0 Å². The molecule has 0 saturated heterocycles. The summed E-state index contributed by atoms with van der Waals surface area (Å²) in [6.07, 6.45) is -3.25. The van der Waals surface area contributed by atoms with Crippen molar-refractivity contribution in [2.75, 3.05) is 26.7 Å². The van der Waals surface area contributed by atoms with Crippen LogP contribution in [0.2, 0.25) is 0 Å². The highest BCUT2D eigenvalue weighted by Crippen LogP contribution is 2.30. The van der Waals surface area contributed by atoms with E-state index >= 15 is 0 Å². The highest BCUT2D eigenvalue weighted by molar-refractivity contribution is 5.74. The minimum absolute atomic E-state index is 0.0213. The Hall–Kier alpha value is -1.73. The zero-order chi connectivity index (χ0) is 15.3. The number of amides is 2. The summed E-state index contributed by atoms with van der Waals surface area (Å²) in [6.45, 7) is 0.210. The number of carbonyl (C=O) groups is 2. The maximum atomic E-state index is 12.4. The van der Waals surface area contributed by atoms with E-state index in [0.29, 0.717) is 6.42 Å². The van der Waals surface area contributed by atoms with Gasteiger partial charge in [-0.3, -0.25) is 4.79 Å². The molecule has 0 saturated carbocycles. The van der Waals surface area contributed by atoms with Crippen LogP contribution in [0.1, 0.15) is 19.3 Å². The van der Waals surface area contributed by atoms with Crippen LogP contribution in [0.4, 0.5) is 18.0 Å². The fourth-order valence-electron chi connectivity index (χ4n) is 1.90. The van der Waals surface area contributed by atoms with Crippen molar-refractivity contribution >= 4 is 12.0 Å². The van der Waals surface area contributed by atoms with Crippen LogP contribution in [0.5, 0.6) is 0 Å². The van der Waals surface area contributed by atoms with Crippen LogP contribution in [0.3, 0.4) is 0 Å². The van der Waals surface area contributed by atoms with Gasteiger partial charge in [-0.1, -0.05) is 6.08 Å². The lowest BCUT2D eigenvalue weighted by Crippen LogP contribution is -2.44. The third-order valence-corrected chi connectivity index (χ3v) is 3.05. The highest BCUT2D eigenvalue weighted by atomic mass is 19.4. The van der Waals surface area contributed by atoms with Gasteiger partial charge in [-0.2, -0.15) is 13.2 Å². The van der Waals surface area contributed by atoms with Gasteiger partial charge in [0, 0.05) is 38.7 Å². The summed E-state index contributed by atoms with van der Waals surface area (Å²) in [7, 11) is 1.51. The fourth-order valence-corrected chi connectivity index (χ4v) is 1.90. The first-order chi connectivity index (χ1) is 9.21. The van der Waals surface area contributed by atoms with Crippen molar-refractivity contribution in [2.24, 2.45) is 0 Å². The summed E-state index contributed by atoms with van der Waals surface area (Å²) in [5.41, 5.74) is -0.602. The number of nitrogens with zero attached hydrogens (tertiary/aromatic N) is 2. The van der Waals surface area contributed by atoms with Crippen LogP contribution in [-0.4, -0.2) is 59.8 Å². The molecule has 0 unspecified atom stereocenters. The van der Waals surface area contributed by atoms with E-state index in [1.54, 1.807) is 0 Å². The van der Waals surface area contributed by atoms with Gasteiger partial charge in [-0.25, -0.2) is 4.79 Å². The van der Waals surface area contributed by atoms with Crippen molar-refractivity contribution in [3.63, 3.8) is 0 Å². The van der Waals surface area contributed by atoms with Crippen molar-refractivity contribution in [3.8, 4) is 0 Å². The molecule has 0 aliphatic carbocycles. The molecule has 0 aromatic heterocycles. The summed E-state index contributed by atoms with van der Waals surface area (Å²) in [5, 5.41) is 8.49. The number of urea groups is 1. The van der Waals surface area contributed by atoms with Crippen LogP contribution < -0.4 is 0 Å². The smallest absolute Gasteiger partial charge is 0.412 e. The molecule has 114 valence electrons. The van der Waals surface area contributed by atoms with E-state index < -0.39 is 17.7 Å². The first kappa shape index (κ1) is 16.3. The van der Waals surface area contributed by atoms with E-state index in [0.717, 1.165) is 6.08 Å². The van der Waals surface area contributed by atoms with Crippen molar-refractivity contribution in [2.45, 2.75) is 25.4 Å². The molecule has 0 aromatic carbocycles. The Morgan fingerprint density at radius 3 is 2.55 bits per heavy atom. The van der Waals surface area contributed by atoms with Crippen LogP contribution in [0, 0.1) is 0 Å². The molecule has 20 heavy (non-hydrogen) atoms. The lowest BCUT2D eigenvalue weighted by Gasteiger charge is -2.31. The van der Waals surface area contributed by atoms with Crippen LogP contribution in [0.15, 0.2) is 11.6 Å². The molecule has 1 heterocycles. The summed E-state index contributed by atoms with van der Waals surface area (Å²) in [5.74, 6) is -0.943. The standard InChI is InChI=1S/C12H17F3N2O3/c1-16(6-2-3-10(18)19)11(20)17-7-4-9(5-8-17)12(13,14)15/h4H,2-3,5-8H2,1H3,(H,18,19). The van der Waals surface area contributed by atoms with Crippen molar-refractivity contribution in [3.05, 3.63) is 11.6 Å². The molecular weight excluding hydrogens is 277 g/mol. The highest BCUT2D eigenvalue weighted by Gasteiger charge is 2.35. The Morgan fingerprint density at radius 2 is 2.10 bits per heavy atom. The number of hydrogen-bond acceptors (Lipinski definition) is 2. The maximum absolute atomic E-state index is 12.4. The molecule has 0 radical (unpaired) electrons. The minimum Gasteiger partial charge on any atom is -0.481 e. The topological polar surface area (TPSA) is 60.9 Å². The molecule has 0 aromatic rings. The Kier molecular flexibility index (Phi) is 5.41. The summed E-state index contributed by atoms with van der Waals surface area (Å²) in [4.78, 5) is 24.9. The molecule has 5 nitrogen and oxygen atoms in total. The average molecular weight is 294 g/mol. The van der Waals surface area contributed by atoms with Crippen molar-refractivity contribution < 1.29 is 27.9 Å². The van der Waals surface area contributed by atoms with Gasteiger partial charge in [0.15, 0.2) is 0 Å². The van der Waals surface area contributed by atoms with Gasteiger partial charge >= 0.3 is 18.2 Å². The number of hydrogen-bond donors (Lipinski definition) is 1. The van der Waals surface area contributed by atoms with E-state index in [1.807, 2.05) is 0 Å². The summed E-state index contributed by atoms with van der Waals surface area (Å²) >= 11 is 0. The largest absolute Gasteiger partial charge is 0.481 e.